The highest BCUT2D eigenvalue weighted by atomic mass is 19.1. The van der Waals surface area contributed by atoms with E-state index in [1.807, 2.05) is 0 Å². The van der Waals surface area contributed by atoms with Crippen LogP contribution in [0.4, 0.5) is 21.5 Å². The SMILES string of the molecule is COC(=O)c1cc(Nc2ccc(OC)cc2)c(F)cc1N. The van der Waals surface area contributed by atoms with Crippen molar-refractivity contribution in [3.05, 3.63) is 47.8 Å². The van der Waals surface area contributed by atoms with Gasteiger partial charge < -0.3 is 20.5 Å². The summed E-state index contributed by atoms with van der Waals surface area (Å²) in [4.78, 5) is 11.6. The number of ether oxygens (including phenoxy) is 2. The first-order valence-corrected chi connectivity index (χ1v) is 6.13. The highest BCUT2D eigenvalue weighted by molar-refractivity contribution is 5.96. The molecule has 0 aliphatic carbocycles. The number of anilines is 3. The number of hydrogen-bond donors (Lipinski definition) is 2. The summed E-state index contributed by atoms with van der Waals surface area (Å²) in [5.41, 5.74) is 6.53. The fourth-order valence-corrected chi connectivity index (χ4v) is 1.80. The highest BCUT2D eigenvalue weighted by Gasteiger charge is 2.14. The van der Waals surface area contributed by atoms with Crippen molar-refractivity contribution in [1.29, 1.82) is 0 Å². The number of carbonyl (C=O) groups excluding carboxylic acids is 1. The van der Waals surface area contributed by atoms with Crippen molar-refractivity contribution in [3.8, 4) is 5.75 Å². The Morgan fingerprint density at radius 1 is 1.19 bits per heavy atom. The first kappa shape index (κ1) is 14.6. The maximum Gasteiger partial charge on any atom is 0.340 e. The summed E-state index contributed by atoms with van der Waals surface area (Å²) in [5, 5.41) is 2.88. The molecule has 3 N–H and O–H groups in total. The number of benzene rings is 2. The number of methoxy groups -OCH3 is 2. The summed E-state index contributed by atoms with van der Waals surface area (Å²) in [6.07, 6.45) is 0. The Kier molecular flexibility index (Phi) is 4.27. The molecule has 0 amide bonds. The second-order valence-corrected chi connectivity index (χ2v) is 4.26. The number of esters is 1. The number of hydrogen-bond acceptors (Lipinski definition) is 5. The van der Waals surface area contributed by atoms with E-state index in [0.717, 1.165) is 6.07 Å². The van der Waals surface area contributed by atoms with Crippen molar-refractivity contribution in [2.45, 2.75) is 0 Å². The Labute approximate surface area is 121 Å². The molecule has 0 fully saturated rings. The van der Waals surface area contributed by atoms with Gasteiger partial charge in [-0.15, -0.1) is 0 Å². The van der Waals surface area contributed by atoms with Crippen LogP contribution in [0.1, 0.15) is 10.4 Å². The van der Waals surface area contributed by atoms with Crippen molar-refractivity contribution in [2.75, 3.05) is 25.3 Å². The molecule has 2 aromatic rings. The van der Waals surface area contributed by atoms with Crippen molar-refractivity contribution >= 4 is 23.0 Å². The molecule has 0 atom stereocenters. The summed E-state index contributed by atoms with van der Waals surface area (Å²) in [5.74, 6) is -0.491. The number of nitrogens with one attached hydrogen (secondary N) is 1. The molecule has 110 valence electrons. The first-order valence-electron chi connectivity index (χ1n) is 6.13. The quantitative estimate of drug-likeness (QED) is 0.669. The van der Waals surface area contributed by atoms with Gasteiger partial charge in [-0.05, 0) is 36.4 Å². The third kappa shape index (κ3) is 3.22. The zero-order valence-corrected chi connectivity index (χ0v) is 11.6. The number of rotatable bonds is 4. The lowest BCUT2D eigenvalue weighted by Gasteiger charge is -2.11. The van der Waals surface area contributed by atoms with Gasteiger partial charge in [-0.3, -0.25) is 0 Å². The van der Waals surface area contributed by atoms with Gasteiger partial charge in [0, 0.05) is 11.4 Å². The van der Waals surface area contributed by atoms with Gasteiger partial charge in [-0.2, -0.15) is 0 Å². The van der Waals surface area contributed by atoms with Crippen LogP contribution in [0.3, 0.4) is 0 Å². The minimum atomic E-state index is -0.620. The molecule has 0 spiro atoms. The average molecular weight is 290 g/mol. The van der Waals surface area contributed by atoms with Crippen LogP contribution < -0.4 is 15.8 Å². The number of nitrogens with two attached hydrogens (primary N) is 1. The lowest BCUT2D eigenvalue weighted by atomic mass is 10.1. The largest absolute Gasteiger partial charge is 0.497 e. The van der Waals surface area contributed by atoms with Crippen LogP contribution in [0.15, 0.2) is 36.4 Å². The molecular weight excluding hydrogens is 275 g/mol. The predicted octanol–water partition coefficient (Wildman–Crippen LogP) is 2.95. The normalized spacial score (nSPS) is 10.0. The monoisotopic (exact) mass is 290 g/mol. The van der Waals surface area contributed by atoms with Gasteiger partial charge in [-0.25, -0.2) is 9.18 Å². The molecule has 0 heterocycles. The van der Waals surface area contributed by atoms with E-state index in [1.165, 1.54) is 13.2 Å². The third-order valence-corrected chi connectivity index (χ3v) is 2.91. The summed E-state index contributed by atoms with van der Waals surface area (Å²) >= 11 is 0. The molecule has 6 heteroatoms. The van der Waals surface area contributed by atoms with Crippen LogP contribution in [-0.4, -0.2) is 20.2 Å². The van der Waals surface area contributed by atoms with E-state index in [0.29, 0.717) is 11.4 Å². The van der Waals surface area contributed by atoms with E-state index in [9.17, 15) is 9.18 Å². The molecule has 0 aliphatic heterocycles. The Balaban J connectivity index is 2.32. The maximum atomic E-state index is 13.9. The summed E-state index contributed by atoms with van der Waals surface area (Å²) in [6.45, 7) is 0. The number of halogens is 1. The number of carbonyl (C=O) groups is 1. The molecule has 0 saturated heterocycles. The van der Waals surface area contributed by atoms with Gasteiger partial charge in [0.15, 0.2) is 0 Å². The molecule has 0 unspecified atom stereocenters. The number of nitrogen functional groups attached to an aromatic ring is 1. The zero-order valence-electron chi connectivity index (χ0n) is 11.6. The molecule has 0 aromatic heterocycles. The van der Waals surface area contributed by atoms with Crippen LogP contribution in [0, 0.1) is 5.82 Å². The zero-order chi connectivity index (χ0) is 15.4. The van der Waals surface area contributed by atoms with Crippen molar-refractivity contribution in [2.24, 2.45) is 0 Å². The molecule has 0 saturated carbocycles. The van der Waals surface area contributed by atoms with Crippen LogP contribution in [0.5, 0.6) is 5.75 Å². The third-order valence-electron chi connectivity index (χ3n) is 2.91. The minimum Gasteiger partial charge on any atom is -0.497 e. The maximum absolute atomic E-state index is 13.9. The molecule has 2 aromatic carbocycles. The van der Waals surface area contributed by atoms with Gasteiger partial charge in [0.05, 0.1) is 25.5 Å². The van der Waals surface area contributed by atoms with E-state index in [4.69, 9.17) is 10.5 Å². The molecule has 0 radical (unpaired) electrons. The van der Waals surface area contributed by atoms with Gasteiger partial charge >= 0.3 is 5.97 Å². The summed E-state index contributed by atoms with van der Waals surface area (Å²) in [6, 6.07) is 9.33. The van der Waals surface area contributed by atoms with Crippen molar-refractivity contribution < 1.29 is 18.7 Å². The van der Waals surface area contributed by atoms with Gasteiger partial charge in [0.2, 0.25) is 0 Å². The smallest absolute Gasteiger partial charge is 0.340 e. The molecule has 2 rings (SSSR count). The average Bonchev–Trinajstić information content (AvgIpc) is 2.50. The van der Waals surface area contributed by atoms with Crippen LogP contribution in [-0.2, 0) is 4.74 Å². The Hall–Kier alpha value is -2.76. The van der Waals surface area contributed by atoms with Crippen molar-refractivity contribution in [3.63, 3.8) is 0 Å². The van der Waals surface area contributed by atoms with E-state index < -0.39 is 11.8 Å². The second kappa shape index (κ2) is 6.13. The standard InChI is InChI=1S/C15H15FN2O3/c1-20-10-5-3-9(4-6-10)18-14-7-11(15(19)21-2)13(17)8-12(14)16/h3-8,18H,17H2,1-2H3. The van der Waals surface area contributed by atoms with E-state index in [2.05, 4.69) is 10.1 Å². The van der Waals surface area contributed by atoms with Gasteiger partial charge in [0.1, 0.15) is 11.6 Å². The van der Waals surface area contributed by atoms with Gasteiger partial charge in [0.25, 0.3) is 0 Å². The molecule has 5 nitrogen and oxygen atoms in total. The first-order chi connectivity index (χ1) is 10.0. The lowest BCUT2D eigenvalue weighted by molar-refractivity contribution is 0.0602. The Morgan fingerprint density at radius 3 is 2.43 bits per heavy atom. The molecular formula is C15H15FN2O3. The predicted molar refractivity (Wildman–Crippen MR) is 78.4 cm³/mol. The Morgan fingerprint density at radius 2 is 1.86 bits per heavy atom. The van der Waals surface area contributed by atoms with E-state index in [1.54, 1.807) is 31.4 Å². The van der Waals surface area contributed by atoms with Crippen molar-refractivity contribution in [1.82, 2.24) is 0 Å². The van der Waals surface area contributed by atoms with Crippen LogP contribution in [0.25, 0.3) is 0 Å². The summed E-state index contributed by atoms with van der Waals surface area (Å²) < 4.78 is 23.6. The molecule has 0 bridgehead atoms. The minimum absolute atomic E-state index is 0.0274. The summed E-state index contributed by atoms with van der Waals surface area (Å²) in [7, 11) is 2.80. The van der Waals surface area contributed by atoms with Crippen LogP contribution >= 0.6 is 0 Å². The van der Waals surface area contributed by atoms with Gasteiger partial charge in [-0.1, -0.05) is 0 Å². The molecule has 21 heavy (non-hydrogen) atoms. The lowest BCUT2D eigenvalue weighted by Crippen LogP contribution is -2.07. The van der Waals surface area contributed by atoms with E-state index >= 15 is 0 Å². The fraction of sp³-hybridized carbons (Fsp3) is 0.133. The molecule has 0 aliphatic rings. The topological polar surface area (TPSA) is 73.6 Å². The van der Waals surface area contributed by atoms with Crippen LogP contribution in [0.2, 0.25) is 0 Å². The second-order valence-electron chi connectivity index (χ2n) is 4.26. The van der Waals surface area contributed by atoms with E-state index in [-0.39, 0.29) is 16.9 Å². The Bertz CT molecular complexity index is 657. The highest BCUT2D eigenvalue weighted by Crippen LogP contribution is 2.26. The fourth-order valence-electron chi connectivity index (χ4n) is 1.80.